The molecule has 1 saturated heterocycles. The fraction of sp³-hybridized carbons (Fsp3) is 0.391. The molecule has 3 aromatic rings. The highest BCUT2D eigenvalue weighted by Gasteiger charge is 2.47. The highest BCUT2D eigenvalue weighted by atomic mass is 19.4. The van der Waals surface area contributed by atoms with E-state index >= 15 is 0 Å². The number of alkyl halides is 3. The van der Waals surface area contributed by atoms with Crippen LogP contribution in [-0.4, -0.2) is 54.9 Å². The molecule has 8 nitrogen and oxygen atoms in total. The van der Waals surface area contributed by atoms with Crippen molar-refractivity contribution in [2.45, 2.75) is 32.0 Å². The first-order valence-electron chi connectivity index (χ1n) is 11.0. The van der Waals surface area contributed by atoms with Crippen LogP contribution in [0.3, 0.4) is 0 Å². The molecule has 0 spiro atoms. The van der Waals surface area contributed by atoms with E-state index in [1.165, 1.54) is 0 Å². The summed E-state index contributed by atoms with van der Waals surface area (Å²) in [7, 11) is 0. The number of hydrogen-bond donors (Lipinski definition) is 1. The molecule has 2 aliphatic rings. The van der Waals surface area contributed by atoms with Crippen molar-refractivity contribution in [3.63, 3.8) is 0 Å². The van der Waals surface area contributed by atoms with Crippen LogP contribution in [0.25, 0.3) is 11.4 Å². The lowest BCUT2D eigenvalue weighted by Crippen LogP contribution is -2.48. The molecular formula is C23H22F3N7O. The maximum absolute atomic E-state index is 13.7. The largest absolute Gasteiger partial charge is 0.419 e. The standard InChI is InChI=1S/C23H22F3N7O/c1-13-3-4-18(20-27-5-2-6-28-20)19(32-13)21(34)33-12-15-7-14(15)8-17(33)11-31-22-29-9-16(10-30-22)23(24,25)26/h2-6,9-10,14-15,17H,7-8,11-12H2,1H3,(H,29,30,31)/t14-,15+,17+/m1/s1. The summed E-state index contributed by atoms with van der Waals surface area (Å²) in [5.41, 5.74) is 0.652. The van der Waals surface area contributed by atoms with Gasteiger partial charge in [0, 0.05) is 49.6 Å². The molecule has 2 fully saturated rings. The van der Waals surface area contributed by atoms with Crippen molar-refractivity contribution >= 4 is 11.9 Å². The number of carbonyl (C=O) groups excluding carboxylic acids is 1. The zero-order valence-corrected chi connectivity index (χ0v) is 18.3. The highest BCUT2D eigenvalue weighted by Crippen LogP contribution is 2.47. The maximum atomic E-state index is 13.7. The van der Waals surface area contributed by atoms with Crippen LogP contribution in [0.4, 0.5) is 19.1 Å². The third-order valence-electron chi connectivity index (χ3n) is 6.30. The van der Waals surface area contributed by atoms with Gasteiger partial charge in [0.05, 0.1) is 11.1 Å². The molecule has 4 heterocycles. The van der Waals surface area contributed by atoms with Crippen molar-refractivity contribution in [3.8, 4) is 11.4 Å². The minimum Gasteiger partial charge on any atom is -0.352 e. The van der Waals surface area contributed by atoms with Gasteiger partial charge in [-0.05, 0) is 49.8 Å². The summed E-state index contributed by atoms with van der Waals surface area (Å²) in [6, 6.07) is 5.15. The summed E-state index contributed by atoms with van der Waals surface area (Å²) in [6.07, 6.45) is 2.09. The maximum Gasteiger partial charge on any atom is 0.419 e. The highest BCUT2D eigenvalue weighted by molar-refractivity contribution is 5.98. The predicted molar refractivity (Wildman–Crippen MR) is 117 cm³/mol. The zero-order valence-electron chi connectivity index (χ0n) is 18.3. The van der Waals surface area contributed by atoms with E-state index in [4.69, 9.17) is 0 Å². The van der Waals surface area contributed by atoms with Gasteiger partial charge in [0.1, 0.15) is 5.69 Å². The van der Waals surface area contributed by atoms with Gasteiger partial charge in [-0.25, -0.2) is 24.9 Å². The molecule has 34 heavy (non-hydrogen) atoms. The van der Waals surface area contributed by atoms with E-state index in [1.807, 2.05) is 13.0 Å². The third kappa shape index (κ3) is 4.55. The van der Waals surface area contributed by atoms with Crippen molar-refractivity contribution in [2.75, 3.05) is 18.4 Å². The number of rotatable bonds is 5. The van der Waals surface area contributed by atoms with Crippen LogP contribution in [0, 0.1) is 18.8 Å². The van der Waals surface area contributed by atoms with E-state index in [2.05, 4.69) is 30.2 Å². The predicted octanol–water partition coefficient (Wildman–Crippen LogP) is 3.62. The van der Waals surface area contributed by atoms with Crippen LogP contribution in [0.2, 0.25) is 0 Å². The molecule has 1 aliphatic carbocycles. The second kappa shape index (κ2) is 8.62. The molecule has 0 aromatic carbocycles. The summed E-state index contributed by atoms with van der Waals surface area (Å²) in [5, 5.41) is 3.00. The van der Waals surface area contributed by atoms with E-state index in [0.717, 1.165) is 25.2 Å². The Morgan fingerprint density at radius 1 is 1.09 bits per heavy atom. The number of piperidine rings is 1. The minimum atomic E-state index is -4.49. The molecule has 1 aliphatic heterocycles. The number of amides is 1. The summed E-state index contributed by atoms with van der Waals surface area (Å²) in [5.74, 6) is 1.31. The molecule has 1 saturated carbocycles. The first-order chi connectivity index (χ1) is 16.3. The number of aryl methyl sites for hydroxylation is 1. The molecule has 5 rings (SSSR count). The Balaban J connectivity index is 1.37. The Labute approximate surface area is 193 Å². The van der Waals surface area contributed by atoms with Crippen molar-refractivity contribution in [3.05, 3.63) is 59.9 Å². The molecule has 176 valence electrons. The van der Waals surface area contributed by atoms with Crippen LogP contribution >= 0.6 is 0 Å². The number of likely N-dealkylation sites (tertiary alicyclic amines) is 1. The average Bonchev–Trinajstić information content (AvgIpc) is 3.60. The number of anilines is 1. The third-order valence-corrected chi connectivity index (χ3v) is 6.30. The molecule has 11 heteroatoms. The van der Waals surface area contributed by atoms with E-state index in [-0.39, 0.29) is 17.9 Å². The number of hydrogen-bond acceptors (Lipinski definition) is 7. The molecule has 0 radical (unpaired) electrons. The van der Waals surface area contributed by atoms with Crippen LogP contribution in [-0.2, 0) is 6.18 Å². The second-order valence-electron chi connectivity index (χ2n) is 8.70. The van der Waals surface area contributed by atoms with Gasteiger partial charge < -0.3 is 10.2 Å². The first-order valence-corrected chi connectivity index (χ1v) is 11.0. The normalized spacial score (nSPS) is 21.6. The summed E-state index contributed by atoms with van der Waals surface area (Å²) in [4.78, 5) is 36.2. The van der Waals surface area contributed by atoms with Gasteiger partial charge in [-0.1, -0.05) is 0 Å². The Hall–Kier alpha value is -3.63. The number of nitrogens with one attached hydrogen (secondary N) is 1. The lowest BCUT2D eigenvalue weighted by Gasteiger charge is -2.35. The van der Waals surface area contributed by atoms with E-state index in [1.54, 1.807) is 29.4 Å². The number of fused-ring (bicyclic) bond motifs is 1. The number of carbonyl (C=O) groups is 1. The van der Waals surface area contributed by atoms with Crippen molar-refractivity contribution in [1.29, 1.82) is 0 Å². The van der Waals surface area contributed by atoms with Crippen molar-refractivity contribution in [1.82, 2.24) is 29.8 Å². The van der Waals surface area contributed by atoms with Gasteiger partial charge >= 0.3 is 6.18 Å². The van der Waals surface area contributed by atoms with E-state index in [0.29, 0.717) is 47.7 Å². The van der Waals surface area contributed by atoms with Gasteiger partial charge in [0.2, 0.25) is 5.95 Å². The minimum absolute atomic E-state index is 0.0883. The zero-order chi connectivity index (χ0) is 23.9. The average molecular weight is 469 g/mol. The van der Waals surface area contributed by atoms with Gasteiger partial charge in [0.15, 0.2) is 5.82 Å². The number of nitrogens with zero attached hydrogens (tertiary/aromatic N) is 6. The van der Waals surface area contributed by atoms with Gasteiger partial charge in [0.25, 0.3) is 5.91 Å². The molecule has 3 aromatic heterocycles. The fourth-order valence-corrected chi connectivity index (χ4v) is 4.39. The van der Waals surface area contributed by atoms with Crippen molar-refractivity contribution in [2.24, 2.45) is 11.8 Å². The summed E-state index contributed by atoms with van der Waals surface area (Å²) < 4.78 is 38.3. The quantitative estimate of drug-likeness (QED) is 0.610. The van der Waals surface area contributed by atoms with Crippen molar-refractivity contribution < 1.29 is 18.0 Å². The van der Waals surface area contributed by atoms with Crippen LogP contribution in [0.1, 0.15) is 34.6 Å². The topological polar surface area (TPSA) is 96.8 Å². The number of aromatic nitrogens is 5. The Morgan fingerprint density at radius 3 is 2.53 bits per heavy atom. The molecule has 3 atom stereocenters. The molecule has 0 bridgehead atoms. The van der Waals surface area contributed by atoms with Crippen LogP contribution < -0.4 is 5.32 Å². The van der Waals surface area contributed by atoms with Crippen LogP contribution in [0.15, 0.2) is 43.0 Å². The Kier molecular flexibility index (Phi) is 5.62. The van der Waals surface area contributed by atoms with Gasteiger partial charge in [-0.3, -0.25) is 4.79 Å². The smallest absolute Gasteiger partial charge is 0.352 e. The molecule has 0 unspecified atom stereocenters. The monoisotopic (exact) mass is 469 g/mol. The molecule has 1 amide bonds. The summed E-state index contributed by atoms with van der Waals surface area (Å²) >= 11 is 0. The lowest BCUT2D eigenvalue weighted by atomic mass is 10.0. The molecular weight excluding hydrogens is 447 g/mol. The fourth-order valence-electron chi connectivity index (χ4n) is 4.39. The first kappa shape index (κ1) is 22.2. The number of halogens is 3. The molecule has 1 N–H and O–H groups in total. The summed E-state index contributed by atoms with van der Waals surface area (Å²) in [6.45, 7) is 2.75. The lowest BCUT2D eigenvalue weighted by molar-refractivity contribution is -0.138. The van der Waals surface area contributed by atoms with E-state index < -0.39 is 11.7 Å². The van der Waals surface area contributed by atoms with Crippen LogP contribution in [0.5, 0.6) is 0 Å². The van der Waals surface area contributed by atoms with Gasteiger partial charge in [-0.2, -0.15) is 13.2 Å². The van der Waals surface area contributed by atoms with E-state index in [9.17, 15) is 18.0 Å². The Morgan fingerprint density at radius 2 is 1.82 bits per heavy atom. The number of pyridine rings is 1. The Bertz CT molecular complexity index is 1190. The van der Waals surface area contributed by atoms with Gasteiger partial charge in [-0.15, -0.1) is 0 Å². The second-order valence-corrected chi connectivity index (χ2v) is 8.70. The SMILES string of the molecule is Cc1ccc(-c2ncccn2)c(C(=O)N2C[C@@H]3C[C@@H]3C[C@H]2CNc2ncc(C(F)(F)F)cn2)n1.